The van der Waals surface area contributed by atoms with Crippen LogP contribution in [0.5, 0.6) is 0 Å². The van der Waals surface area contributed by atoms with Gasteiger partial charge in [-0.25, -0.2) is 0 Å². The van der Waals surface area contributed by atoms with Crippen molar-refractivity contribution < 1.29 is 5.21 Å². The SMILES string of the molecule is CC1N([O-])C(c2ccccc2)C(c2ccccc2)N1O. The van der Waals surface area contributed by atoms with Gasteiger partial charge in [0.2, 0.25) is 0 Å². The van der Waals surface area contributed by atoms with E-state index in [-0.39, 0.29) is 6.04 Å². The van der Waals surface area contributed by atoms with Crippen molar-refractivity contribution in [2.24, 2.45) is 0 Å². The van der Waals surface area contributed by atoms with Gasteiger partial charge in [-0.15, -0.1) is 0 Å². The van der Waals surface area contributed by atoms with Gasteiger partial charge in [0.1, 0.15) is 0 Å². The van der Waals surface area contributed by atoms with E-state index in [1.807, 2.05) is 60.7 Å². The molecule has 0 aromatic heterocycles. The van der Waals surface area contributed by atoms with Gasteiger partial charge in [0, 0.05) is 6.04 Å². The Hall–Kier alpha value is -1.72. The molecule has 1 aliphatic rings. The minimum absolute atomic E-state index is 0.355. The largest absolute Gasteiger partial charge is 0.784 e. The van der Waals surface area contributed by atoms with Crippen LogP contribution in [0, 0.1) is 5.21 Å². The molecule has 104 valence electrons. The van der Waals surface area contributed by atoms with Crippen LogP contribution >= 0.6 is 0 Å². The summed E-state index contributed by atoms with van der Waals surface area (Å²) in [6, 6.07) is 18.5. The van der Waals surface area contributed by atoms with Gasteiger partial charge in [-0.1, -0.05) is 60.7 Å². The zero-order valence-electron chi connectivity index (χ0n) is 11.3. The van der Waals surface area contributed by atoms with Crippen LogP contribution in [0.4, 0.5) is 0 Å². The number of hydrogen-bond acceptors (Lipinski definition) is 4. The van der Waals surface area contributed by atoms with Gasteiger partial charge in [0.05, 0.1) is 12.2 Å². The van der Waals surface area contributed by atoms with Crippen LogP contribution in [0.25, 0.3) is 0 Å². The van der Waals surface area contributed by atoms with E-state index in [0.29, 0.717) is 0 Å². The highest BCUT2D eigenvalue weighted by atomic mass is 16.6. The van der Waals surface area contributed by atoms with Crippen molar-refractivity contribution in [3.63, 3.8) is 0 Å². The molecule has 3 unspecified atom stereocenters. The molecule has 20 heavy (non-hydrogen) atoms. The Labute approximate surface area is 118 Å². The fraction of sp³-hybridized carbons (Fsp3) is 0.250. The molecule has 0 bridgehead atoms. The third kappa shape index (κ3) is 2.13. The summed E-state index contributed by atoms with van der Waals surface area (Å²) in [5, 5.41) is 24.8. The maximum Gasteiger partial charge on any atom is 0.0805 e. The Morgan fingerprint density at radius 3 is 1.80 bits per heavy atom. The fourth-order valence-corrected chi connectivity index (χ4v) is 2.83. The summed E-state index contributed by atoms with van der Waals surface area (Å²) in [5.74, 6) is 0. The number of nitrogens with zero attached hydrogens (tertiary/aromatic N) is 2. The predicted octanol–water partition coefficient (Wildman–Crippen LogP) is 3.32. The van der Waals surface area contributed by atoms with Crippen LogP contribution in [0.15, 0.2) is 60.7 Å². The number of benzene rings is 2. The summed E-state index contributed by atoms with van der Waals surface area (Å²) in [7, 11) is 0. The van der Waals surface area contributed by atoms with Crippen molar-refractivity contribution in [3.05, 3.63) is 77.0 Å². The molecule has 0 amide bonds. The zero-order chi connectivity index (χ0) is 14.1. The van der Waals surface area contributed by atoms with Gasteiger partial charge in [-0.2, -0.15) is 5.06 Å². The van der Waals surface area contributed by atoms with E-state index in [4.69, 9.17) is 0 Å². The first-order valence-corrected chi connectivity index (χ1v) is 6.72. The second-order valence-corrected chi connectivity index (χ2v) is 5.08. The van der Waals surface area contributed by atoms with Crippen LogP contribution < -0.4 is 0 Å². The van der Waals surface area contributed by atoms with Gasteiger partial charge in [0.25, 0.3) is 0 Å². The first-order chi connectivity index (χ1) is 9.70. The smallest absolute Gasteiger partial charge is 0.0805 e. The van der Waals surface area contributed by atoms with Crippen molar-refractivity contribution in [2.75, 3.05) is 0 Å². The van der Waals surface area contributed by atoms with Crippen LogP contribution in [0.1, 0.15) is 30.1 Å². The normalized spacial score (nSPS) is 27.9. The molecule has 1 N–H and O–H groups in total. The van der Waals surface area contributed by atoms with Crippen LogP contribution in [0.2, 0.25) is 0 Å². The Morgan fingerprint density at radius 2 is 1.30 bits per heavy atom. The summed E-state index contributed by atoms with van der Waals surface area (Å²) < 4.78 is 0. The van der Waals surface area contributed by atoms with Crippen LogP contribution in [-0.2, 0) is 0 Å². The van der Waals surface area contributed by atoms with E-state index in [9.17, 15) is 10.4 Å². The van der Waals surface area contributed by atoms with Crippen LogP contribution in [-0.4, -0.2) is 21.5 Å². The zero-order valence-corrected chi connectivity index (χ0v) is 11.3. The minimum atomic E-state index is -0.564. The topological polar surface area (TPSA) is 49.8 Å². The van der Waals surface area contributed by atoms with Gasteiger partial charge in [0.15, 0.2) is 0 Å². The van der Waals surface area contributed by atoms with Crippen molar-refractivity contribution in [1.82, 2.24) is 10.1 Å². The second-order valence-electron chi connectivity index (χ2n) is 5.08. The lowest BCUT2D eigenvalue weighted by atomic mass is 9.94. The number of hydroxylamine groups is 4. The third-order valence-corrected chi connectivity index (χ3v) is 3.89. The van der Waals surface area contributed by atoms with Crippen molar-refractivity contribution in [1.29, 1.82) is 0 Å². The Kier molecular flexibility index (Phi) is 3.54. The van der Waals surface area contributed by atoms with Gasteiger partial charge < -0.3 is 15.5 Å². The number of hydrogen-bond donors (Lipinski definition) is 1. The predicted molar refractivity (Wildman–Crippen MR) is 76.7 cm³/mol. The van der Waals surface area contributed by atoms with Crippen molar-refractivity contribution >= 4 is 0 Å². The molecule has 3 rings (SSSR count). The Balaban J connectivity index is 2.05. The van der Waals surface area contributed by atoms with E-state index in [1.54, 1.807) is 6.92 Å². The molecule has 1 saturated heterocycles. The molecule has 4 heteroatoms. The lowest BCUT2D eigenvalue weighted by Gasteiger charge is -2.34. The average molecular weight is 269 g/mol. The first kappa shape index (κ1) is 13.3. The number of rotatable bonds is 2. The average Bonchev–Trinajstić information content (AvgIpc) is 2.73. The van der Waals surface area contributed by atoms with E-state index >= 15 is 0 Å². The lowest BCUT2D eigenvalue weighted by Crippen LogP contribution is -2.31. The molecular formula is C16H17N2O2-. The molecule has 1 fully saturated rings. The monoisotopic (exact) mass is 269 g/mol. The Bertz CT molecular complexity index is 510. The molecule has 0 radical (unpaired) electrons. The molecular weight excluding hydrogens is 252 g/mol. The highest BCUT2D eigenvalue weighted by Gasteiger charge is 2.41. The van der Waals surface area contributed by atoms with Gasteiger partial charge >= 0.3 is 0 Å². The molecule has 1 aliphatic heterocycles. The van der Waals surface area contributed by atoms with Crippen molar-refractivity contribution in [3.8, 4) is 0 Å². The standard InChI is InChI=1S/C16H17N2O2/c1-12-17(19)15(13-8-4-2-5-9-13)16(18(12)20)14-10-6-3-7-11-14/h2-12,15-16,19H,1H3/q-1. The lowest BCUT2D eigenvalue weighted by molar-refractivity contribution is -0.142. The van der Waals surface area contributed by atoms with Crippen molar-refractivity contribution in [2.45, 2.75) is 25.2 Å². The summed E-state index contributed by atoms with van der Waals surface area (Å²) in [4.78, 5) is 0. The first-order valence-electron chi connectivity index (χ1n) is 6.72. The van der Waals surface area contributed by atoms with Crippen LogP contribution in [0.3, 0.4) is 0 Å². The maximum atomic E-state index is 12.4. The van der Waals surface area contributed by atoms with E-state index in [2.05, 4.69) is 0 Å². The van der Waals surface area contributed by atoms with E-state index < -0.39 is 12.2 Å². The highest BCUT2D eigenvalue weighted by molar-refractivity contribution is 5.29. The molecule has 0 aliphatic carbocycles. The summed E-state index contributed by atoms with van der Waals surface area (Å²) in [6.07, 6.45) is -0.564. The quantitative estimate of drug-likeness (QED) is 0.908. The summed E-state index contributed by atoms with van der Waals surface area (Å²) in [6.45, 7) is 1.71. The van der Waals surface area contributed by atoms with E-state index in [0.717, 1.165) is 21.3 Å². The minimum Gasteiger partial charge on any atom is -0.784 e. The molecule has 1 heterocycles. The molecule has 2 aromatic rings. The summed E-state index contributed by atoms with van der Waals surface area (Å²) >= 11 is 0. The summed E-state index contributed by atoms with van der Waals surface area (Å²) in [5.41, 5.74) is 1.86. The maximum absolute atomic E-state index is 12.4. The van der Waals surface area contributed by atoms with E-state index in [1.165, 1.54) is 0 Å². The van der Waals surface area contributed by atoms with Gasteiger partial charge in [-0.3, -0.25) is 0 Å². The molecule has 0 saturated carbocycles. The second kappa shape index (κ2) is 5.34. The molecule has 3 atom stereocenters. The molecule has 4 nitrogen and oxygen atoms in total. The highest BCUT2D eigenvalue weighted by Crippen LogP contribution is 2.44. The Morgan fingerprint density at radius 1 is 0.850 bits per heavy atom. The third-order valence-electron chi connectivity index (χ3n) is 3.89. The molecule has 2 aromatic carbocycles. The molecule has 0 spiro atoms. The van der Waals surface area contributed by atoms with Gasteiger partial charge in [-0.05, 0) is 18.1 Å². The fourth-order valence-electron chi connectivity index (χ4n) is 2.83.